The van der Waals surface area contributed by atoms with Crippen molar-refractivity contribution in [2.24, 2.45) is 0 Å². The fourth-order valence-corrected chi connectivity index (χ4v) is 8.15. The van der Waals surface area contributed by atoms with Crippen LogP contribution in [0.4, 0.5) is 19.7 Å². The number of halogens is 2. The van der Waals surface area contributed by atoms with Crippen LogP contribution in [0.5, 0.6) is 0 Å². The highest BCUT2D eigenvalue weighted by molar-refractivity contribution is 7.23. The van der Waals surface area contributed by atoms with Gasteiger partial charge in [0.05, 0.1) is 35.4 Å². The quantitative estimate of drug-likeness (QED) is 0.402. The number of hydrogen-bond donors (Lipinski definition) is 1. The number of piperazine rings is 1. The number of nitrogens with zero attached hydrogens (tertiary/aromatic N) is 7. The first-order valence-corrected chi connectivity index (χ1v) is 14.3. The number of ether oxygens (including phenoxy) is 1. The third-order valence-corrected chi connectivity index (χ3v) is 10.2. The van der Waals surface area contributed by atoms with E-state index in [0.717, 1.165) is 55.7 Å². The van der Waals surface area contributed by atoms with E-state index in [4.69, 9.17) is 15.5 Å². The van der Waals surface area contributed by atoms with E-state index in [1.165, 1.54) is 6.42 Å². The smallest absolute Gasteiger partial charge is 0.226 e. The number of nitrogen functional groups attached to an aromatic ring is 1. The maximum atomic E-state index is 16.6. The first-order valence-electron chi connectivity index (χ1n) is 13.5. The number of hydrogen-bond acceptors (Lipinski definition) is 10. The van der Waals surface area contributed by atoms with Crippen molar-refractivity contribution < 1.29 is 13.5 Å². The van der Waals surface area contributed by atoms with E-state index < -0.39 is 11.6 Å². The Bertz CT molecular complexity index is 1770. The zero-order valence-corrected chi connectivity index (χ0v) is 22.6. The van der Waals surface area contributed by atoms with Gasteiger partial charge in [-0.05, 0) is 31.0 Å². The van der Waals surface area contributed by atoms with Gasteiger partial charge in [0.25, 0.3) is 0 Å². The van der Waals surface area contributed by atoms with Crippen molar-refractivity contribution in [1.82, 2.24) is 24.8 Å². The standard InChI is InChI=1S/C28H26F2N8OS/c1-36-8-15-4-14(36)10-38(15)13-2-3-37(9-13)28-34-6-17-18-11-39-12-19(18)21(23(30)24(17)35-28)25-22-16(5-31)27(32)40-26(22)20(29)7-33-25/h6-7,13-15H,2-4,8-12,32H2,1H3/t13-,14-,15-/m1/s1. The molecule has 0 radical (unpaired) electrons. The second-order valence-electron chi connectivity index (χ2n) is 11.3. The van der Waals surface area contributed by atoms with Gasteiger partial charge in [0.1, 0.15) is 16.6 Å². The van der Waals surface area contributed by atoms with Crippen LogP contribution in [-0.4, -0.2) is 76.1 Å². The molecule has 0 spiro atoms. The van der Waals surface area contributed by atoms with Gasteiger partial charge in [-0.2, -0.15) is 5.26 Å². The summed E-state index contributed by atoms with van der Waals surface area (Å²) < 4.78 is 37.2. The second kappa shape index (κ2) is 8.75. The summed E-state index contributed by atoms with van der Waals surface area (Å²) in [7, 11) is 2.21. The van der Waals surface area contributed by atoms with Crippen molar-refractivity contribution in [3.63, 3.8) is 0 Å². The zero-order valence-electron chi connectivity index (χ0n) is 21.8. The summed E-state index contributed by atoms with van der Waals surface area (Å²) in [6.45, 7) is 4.27. The van der Waals surface area contributed by atoms with Crippen molar-refractivity contribution >= 4 is 43.3 Å². The molecular formula is C28H26F2N8OS. The Balaban J connectivity index is 1.23. The molecule has 8 rings (SSSR count). The van der Waals surface area contributed by atoms with Gasteiger partial charge < -0.3 is 20.3 Å². The third-order valence-electron chi connectivity index (χ3n) is 9.20. The number of anilines is 2. The maximum absolute atomic E-state index is 16.6. The summed E-state index contributed by atoms with van der Waals surface area (Å²) in [5, 5.41) is 10.8. The zero-order chi connectivity index (χ0) is 27.3. The molecule has 0 amide bonds. The van der Waals surface area contributed by atoms with Crippen LogP contribution in [0.2, 0.25) is 0 Å². The summed E-state index contributed by atoms with van der Waals surface area (Å²) in [6.07, 6.45) is 5.00. The Morgan fingerprint density at radius 2 is 1.95 bits per heavy atom. The minimum absolute atomic E-state index is 0.0995. The van der Waals surface area contributed by atoms with Crippen LogP contribution in [0.1, 0.15) is 29.5 Å². The summed E-state index contributed by atoms with van der Waals surface area (Å²) in [5.74, 6) is -0.681. The Hall–Kier alpha value is -3.50. The summed E-state index contributed by atoms with van der Waals surface area (Å²) >= 11 is 0.963. The van der Waals surface area contributed by atoms with Gasteiger partial charge in [0.15, 0.2) is 11.6 Å². The average molecular weight is 561 g/mol. The molecule has 4 aliphatic rings. The van der Waals surface area contributed by atoms with Crippen LogP contribution in [0.15, 0.2) is 12.4 Å². The molecule has 4 aliphatic heterocycles. The minimum Gasteiger partial charge on any atom is -0.389 e. The van der Waals surface area contributed by atoms with Gasteiger partial charge in [-0.3, -0.25) is 9.88 Å². The molecule has 9 nitrogen and oxygen atoms in total. The van der Waals surface area contributed by atoms with Crippen molar-refractivity contribution in [2.45, 2.75) is 44.2 Å². The lowest BCUT2D eigenvalue weighted by Gasteiger charge is -2.36. The summed E-state index contributed by atoms with van der Waals surface area (Å²) in [4.78, 5) is 20.9. The number of aromatic nitrogens is 3. The Kier molecular flexibility index (Phi) is 5.32. The molecule has 7 heterocycles. The molecule has 12 heteroatoms. The molecule has 3 saturated heterocycles. The molecule has 40 heavy (non-hydrogen) atoms. The number of benzene rings is 1. The number of fused-ring (bicyclic) bond motifs is 6. The predicted octanol–water partition coefficient (Wildman–Crippen LogP) is 3.64. The number of likely N-dealkylation sites (tertiary alicyclic amines) is 2. The van der Waals surface area contributed by atoms with Crippen molar-refractivity contribution in [3.05, 3.63) is 40.7 Å². The van der Waals surface area contributed by atoms with Crippen LogP contribution < -0.4 is 10.6 Å². The molecule has 0 unspecified atom stereocenters. The number of pyridine rings is 1. The van der Waals surface area contributed by atoms with E-state index in [0.29, 0.717) is 35.0 Å². The van der Waals surface area contributed by atoms with E-state index in [2.05, 4.69) is 37.8 Å². The molecule has 1 aromatic carbocycles. The Morgan fingerprint density at radius 3 is 2.73 bits per heavy atom. The normalized spacial score (nSPS) is 24.6. The van der Waals surface area contributed by atoms with E-state index in [1.54, 1.807) is 6.20 Å². The van der Waals surface area contributed by atoms with E-state index in [9.17, 15) is 9.65 Å². The minimum atomic E-state index is -0.600. The van der Waals surface area contributed by atoms with Crippen molar-refractivity contribution in [1.29, 1.82) is 5.26 Å². The molecular weight excluding hydrogens is 534 g/mol. The molecule has 4 aromatic rings. The molecule has 2 bridgehead atoms. The number of thiophene rings is 1. The Labute approximate surface area is 232 Å². The predicted molar refractivity (Wildman–Crippen MR) is 148 cm³/mol. The fourth-order valence-electron chi connectivity index (χ4n) is 7.23. The molecule has 3 aromatic heterocycles. The highest BCUT2D eigenvalue weighted by Crippen LogP contribution is 2.45. The molecule has 0 aliphatic carbocycles. The molecule has 204 valence electrons. The highest BCUT2D eigenvalue weighted by atomic mass is 32.1. The highest BCUT2D eigenvalue weighted by Gasteiger charge is 2.45. The number of nitriles is 1. The first-order chi connectivity index (χ1) is 19.4. The summed E-state index contributed by atoms with van der Waals surface area (Å²) in [5.41, 5.74) is 8.08. The monoisotopic (exact) mass is 560 g/mol. The lowest BCUT2D eigenvalue weighted by Crippen LogP contribution is -2.50. The van der Waals surface area contributed by atoms with E-state index >= 15 is 4.39 Å². The van der Waals surface area contributed by atoms with E-state index in [1.807, 2.05) is 0 Å². The first kappa shape index (κ1) is 24.3. The van der Waals surface area contributed by atoms with Gasteiger partial charge in [-0.1, -0.05) is 0 Å². The third kappa shape index (κ3) is 3.35. The Morgan fingerprint density at radius 1 is 1.10 bits per heavy atom. The molecule has 3 atom stereocenters. The second-order valence-corrected chi connectivity index (χ2v) is 12.3. The largest absolute Gasteiger partial charge is 0.389 e. The number of rotatable bonds is 3. The van der Waals surface area contributed by atoms with Gasteiger partial charge >= 0.3 is 0 Å². The summed E-state index contributed by atoms with van der Waals surface area (Å²) in [6, 6.07) is 3.72. The average Bonchev–Trinajstić information content (AvgIpc) is 3.77. The lowest BCUT2D eigenvalue weighted by molar-refractivity contribution is 0.114. The SMILES string of the molecule is CN1C[C@H]2C[C@@H]1CN2[C@@H]1CCN(c2ncc3c4c(c(-c5ncc(F)c6sc(N)c(C#N)c56)c(F)c3n2)COC4)C1. The molecule has 2 N–H and O–H groups in total. The van der Waals surface area contributed by atoms with E-state index in [-0.39, 0.29) is 50.6 Å². The topological polar surface area (TPSA) is 107 Å². The van der Waals surface area contributed by atoms with Gasteiger partial charge in [0.2, 0.25) is 5.95 Å². The number of likely N-dealkylation sites (N-methyl/N-ethyl adjacent to an activating group) is 1. The van der Waals surface area contributed by atoms with Gasteiger partial charge in [-0.15, -0.1) is 11.3 Å². The molecule has 3 fully saturated rings. The fraction of sp³-hybridized carbons (Fsp3) is 0.429. The van der Waals surface area contributed by atoms with Crippen LogP contribution in [-0.2, 0) is 18.0 Å². The van der Waals surface area contributed by atoms with Crippen LogP contribution >= 0.6 is 11.3 Å². The van der Waals surface area contributed by atoms with Crippen LogP contribution in [0.3, 0.4) is 0 Å². The van der Waals surface area contributed by atoms with Gasteiger partial charge in [0, 0.05) is 66.8 Å². The van der Waals surface area contributed by atoms with Gasteiger partial charge in [-0.25, -0.2) is 18.7 Å². The van der Waals surface area contributed by atoms with Crippen LogP contribution in [0.25, 0.3) is 32.2 Å². The van der Waals surface area contributed by atoms with Crippen molar-refractivity contribution in [3.8, 4) is 17.3 Å². The van der Waals surface area contributed by atoms with Crippen LogP contribution in [0, 0.1) is 23.0 Å². The lowest BCUT2D eigenvalue weighted by atomic mass is 9.94. The maximum Gasteiger partial charge on any atom is 0.226 e. The van der Waals surface area contributed by atoms with Crippen molar-refractivity contribution in [2.75, 3.05) is 43.9 Å². The molecule has 0 saturated carbocycles. The number of nitrogens with two attached hydrogens (primary N) is 1.